The summed E-state index contributed by atoms with van der Waals surface area (Å²) >= 11 is 0. The number of alkyl halides is 3. The number of piperidine rings is 1. The standard InChI is InChI=1S/C14H19FN4O3.C2HF3O2/c15-10-5-16-13(17-6-10)18-11-4-14(22-8-11)2-1-3-19(9-14)7-12(20)21;3-2(4,5)1(6)7/h5-6,11H,1-4,7-9H2,(H,20,21)(H,16,17,18);(H,6,7). The second kappa shape index (κ2) is 9.31. The monoisotopic (exact) mass is 424 g/mol. The van der Waals surface area contributed by atoms with Gasteiger partial charge < -0.3 is 20.3 Å². The van der Waals surface area contributed by atoms with Gasteiger partial charge in [-0.1, -0.05) is 0 Å². The van der Waals surface area contributed by atoms with E-state index in [1.165, 1.54) is 0 Å². The lowest BCUT2D eigenvalue weighted by Crippen LogP contribution is -2.49. The summed E-state index contributed by atoms with van der Waals surface area (Å²) in [6.07, 6.45) is -0.227. The Balaban J connectivity index is 0.000000370. The van der Waals surface area contributed by atoms with E-state index >= 15 is 0 Å². The Labute approximate surface area is 162 Å². The molecule has 0 bridgehead atoms. The Bertz CT molecular complexity index is 718. The topological polar surface area (TPSA) is 125 Å². The Morgan fingerprint density at radius 1 is 1.31 bits per heavy atom. The van der Waals surface area contributed by atoms with Gasteiger partial charge in [0.2, 0.25) is 5.95 Å². The third kappa shape index (κ3) is 7.09. The average Bonchev–Trinajstić information content (AvgIpc) is 2.98. The summed E-state index contributed by atoms with van der Waals surface area (Å²) in [5.74, 6) is -3.66. The van der Waals surface area contributed by atoms with E-state index in [1.54, 1.807) is 0 Å². The maximum Gasteiger partial charge on any atom is 0.490 e. The van der Waals surface area contributed by atoms with Crippen LogP contribution in [0, 0.1) is 5.82 Å². The van der Waals surface area contributed by atoms with Crippen LogP contribution >= 0.6 is 0 Å². The van der Waals surface area contributed by atoms with Gasteiger partial charge in [-0.3, -0.25) is 9.69 Å². The molecule has 1 spiro atoms. The zero-order valence-corrected chi connectivity index (χ0v) is 15.2. The minimum absolute atomic E-state index is 0.0459. The largest absolute Gasteiger partial charge is 0.490 e. The van der Waals surface area contributed by atoms with Crippen LogP contribution in [0.15, 0.2) is 12.4 Å². The molecular weight excluding hydrogens is 404 g/mol. The predicted molar refractivity (Wildman–Crippen MR) is 89.7 cm³/mol. The first kappa shape index (κ1) is 22.7. The van der Waals surface area contributed by atoms with E-state index in [9.17, 15) is 22.4 Å². The van der Waals surface area contributed by atoms with E-state index in [0.717, 1.165) is 38.2 Å². The average molecular weight is 424 g/mol. The number of nitrogens with one attached hydrogen (secondary N) is 1. The van der Waals surface area contributed by atoms with E-state index in [4.69, 9.17) is 19.7 Å². The zero-order valence-electron chi connectivity index (χ0n) is 15.2. The number of aromatic nitrogens is 2. The zero-order chi connectivity index (χ0) is 21.7. The van der Waals surface area contributed by atoms with Crippen molar-refractivity contribution >= 4 is 17.9 Å². The van der Waals surface area contributed by atoms with Gasteiger partial charge in [-0.05, 0) is 19.4 Å². The molecule has 0 amide bonds. The van der Waals surface area contributed by atoms with Crippen LogP contribution in [0.3, 0.4) is 0 Å². The maximum absolute atomic E-state index is 12.8. The highest BCUT2D eigenvalue weighted by Crippen LogP contribution is 2.35. The van der Waals surface area contributed by atoms with Gasteiger partial charge in [0, 0.05) is 13.0 Å². The van der Waals surface area contributed by atoms with Crippen molar-refractivity contribution in [1.82, 2.24) is 14.9 Å². The number of hydrogen-bond acceptors (Lipinski definition) is 7. The third-order valence-electron chi connectivity index (χ3n) is 4.38. The highest BCUT2D eigenvalue weighted by Gasteiger charge is 2.44. The maximum atomic E-state index is 12.8. The van der Waals surface area contributed by atoms with Gasteiger partial charge in [0.05, 0.1) is 37.2 Å². The summed E-state index contributed by atoms with van der Waals surface area (Å²) in [5, 5.41) is 19.2. The first-order chi connectivity index (χ1) is 13.5. The van der Waals surface area contributed by atoms with Crippen molar-refractivity contribution in [3.63, 3.8) is 0 Å². The Morgan fingerprint density at radius 3 is 2.48 bits per heavy atom. The molecule has 0 radical (unpaired) electrons. The molecule has 9 nitrogen and oxygen atoms in total. The molecule has 2 unspecified atom stereocenters. The number of ether oxygens (including phenoxy) is 1. The summed E-state index contributed by atoms with van der Waals surface area (Å²) in [4.78, 5) is 29.5. The van der Waals surface area contributed by atoms with Crippen molar-refractivity contribution in [3.8, 4) is 0 Å². The fourth-order valence-corrected chi connectivity index (χ4v) is 3.31. The van der Waals surface area contributed by atoms with Gasteiger partial charge in [0.1, 0.15) is 0 Å². The van der Waals surface area contributed by atoms with Crippen molar-refractivity contribution in [2.45, 2.75) is 37.1 Å². The van der Waals surface area contributed by atoms with Crippen LogP contribution in [-0.4, -0.2) is 81.1 Å². The lowest BCUT2D eigenvalue weighted by molar-refractivity contribution is -0.192. The Hall–Kier alpha value is -2.54. The molecule has 3 N–H and O–H groups in total. The van der Waals surface area contributed by atoms with Crippen LogP contribution in [0.2, 0.25) is 0 Å². The Morgan fingerprint density at radius 2 is 1.93 bits per heavy atom. The molecule has 2 saturated heterocycles. The second-order valence-electron chi connectivity index (χ2n) is 6.78. The van der Waals surface area contributed by atoms with Crippen molar-refractivity contribution in [3.05, 3.63) is 18.2 Å². The van der Waals surface area contributed by atoms with Gasteiger partial charge in [0.15, 0.2) is 5.82 Å². The SMILES string of the molecule is O=C(O)C(F)(F)F.O=C(O)CN1CCCC2(CC(Nc3ncc(F)cn3)CO2)C1. The number of carboxylic acids is 2. The van der Waals surface area contributed by atoms with Crippen LogP contribution < -0.4 is 5.32 Å². The van der Waals surface area contributed by atoms with Crippen molar-refractivity contribution in [1.29, 1.82) is 0 Å². The van der Waals surface area contributed by atoms with Gasteiger partial charge in [-0.25, -0.2) is 19.2 Å². The minimum atomic E-state index is -5.08. The number of hydrogen-bond donors (Lipinski definition) is 3. The number of rotatable bonds is 4. The van der Waals surface area contributed by atoms with E-state index in [1.807, 2.05) is 4.90 Å². The van der Waals surface area contributed by atoms with Gasteiger partial charge >= 0.3 is 18.1 Å². The highest BCUT2D eigenvalue weighted by atomic mass is 19.4. The van der Waals surface area contributed by atoms with Crippen molar-refractivity contribution in [2.24, 2.45) is 0 Å². The summed E-state index contributed by atoms with van der Waals surface area (Å²) in [7, 11) is 0. The molecule has 0 aliphatic carbocycles. The number of carboxylic acid groups (broad SMARTS) is 2. The molecule has 2 atom stereocenters. The van der Waals surface area contributed by atoms with Crippen LogP contribution in [0.1, 0.15) is 19.3 Å². The number of anilines is 1. The fraction of sp³-hybridized carbons (Fsp3) is 0.625. The molecular formula is C16H20F4N4O5. The molecule has 2 aliphatic heterocycles. The molecule has 0 aromatic carbocycles. The van der Waals surface area contributed by atoms with Crippen LogP contribution in [0.25, 0.3) is 0 Å². The highest BCUT2D eigenvalue weighted by molar-refractivity contribution is 5.73. The minimum Gasteiger partial charge on any atom is -0.480 e. The smallest absolute Gasteiger partial charge is 0.480 e. The molecule has 3 rings (SSSR count). The van der Waals surface area contributed by atoms with E-state index < -0.39 is 23.9 Å². The fourth-order valence-electron chi connectivity index (χ4n) is 3.31. The molecule has 0 saturated carbocycles. The van der Waals surface area contributed by atoms with Gasteiger partial charge in [-0.2, -0.15) is 13.2 Å². The lowest BCUT2D eigenvalue weighted by Gasteiger charge is -2.39. The molecule has 29 heavy (non-hydrogen) atoms. The molecule has 1 aromatic heterocycles. The first-order valence-corrected chi connectivity index (χ1v) is 8.61. The first-order valence-electron chi connectivity index (χ1n) is 8.61. The van der Waals surface area contributed by atoms with Crippen molar-refractivity contribution < 1.29 is 42.1 Å². The van der Waals surface area contributed by atoms with E-state index in [0.29, 0.717) is 19.1 Å². The molecule has 3 heterocycles. The number of nitrogens with zero attached hydrogens (tertiary/aromatic N) is 3. The number of aliphatic carboxylic acids is 2. The lowest BCUT2D eigenvalue weighted by atomic mass is 9.88. The molecule has 13 heteroatoms. The summed E-state index contributed by atoms with van der Waals surface area (Å²) < 4.78 is 50.5. The molecule has 2 aliphatic rings. The van der Waals surface area contributed by atoms with Crippen LogP contribution in [0.4, 0.5) is 23.5 Å². The van der Waals surface area contributed by atoms with Gasteiger partial charge in [0.25, 0.3) is 0 Å². The normalized spacial score (nSPS) is 24.6. The summed E-state index contributed by atoms with van der Waals surface area (Å²) in [5.41, 5.74) is -0.300. The molecule has 162 valence electrons. The second-order valence-corrected chi connectivity index (χ2v) is 6.78. The van der Waals surface area contributed by atoms with Gasteiger partial charge in [-0.15, -0.1) is 0 Å². The number of halogens is 4. The number of carbonyl (C=O) groups is 2. The van der Waals surface area contributed by atoms with Crippen LogP contribution in [0.5, 0.6) is 0 Å². The number of likely N-dealkylation sites (tertiary alicyclic amines) is 1. The summed E-state index contributed by atoms with van der Waals surface area (Å²) in [6, 6.07) is 0.0511. The quantitative estimate of drug-likeness (QED) is 0.615. The van der Waals surface area contributed by atoms with E-state index in [2.05, 4.69) is 15.3 Å². The Kier molecular flexibility index (Phi) is 7.30. The predicted octanol–water partition coefficient (Wildman–Crippen LogP) is 1.37. The van der Waals surface area contributed by atoms with Crippen LogP contribution in [-0.2, 0) is 14.3 Å². The molecule has 1 aromatic rings. The third-order valence-corrected chi connectivity index (χ3v) is 4.38. The van der Waals surface area contributed by atoms with Crippen molar-refractivity contribution in [2.75, 3.05) is 31.6 Å². The van der Waals surface area contributed by atoms with E-state index in [-0.39, 0.29) is 18.2 Å². The molecule has 2 fully saturated rings. The summed E-state index contributed by atoms with van der Waals surface area (Å²) in [6.45, 7) is 1.98.